The van der Waals surface area contributed by atoms with Gasteiger partial charge in [0.15, 0.2) is 0 Å². The Morgan fingerprint density at radius 3 is 2.60 bits per heavy atom. The summed E-state index contributed by atoms with van der Waals surface area (Å²) in [7, 11) is -3.89. The van der Waals surface area contributed by atoms with Crippen LogP contribution in [0.4, 0.5) is 8.78 Å². The quantitative estimate of drug-likeness (QED) is 0.354. The number of likely N-dealkylation sites (tertiary alicyclic amines) is 1. The zero-order chi connectivity index (χ0) is 30.0. The predicted octanol–water partition coefficient (Wildman–Crippen LogP) is 2.52. The highest BCUT2D eigenvalue weighted by molar-refractivity contribution is 7.52. The molecule has 0 saturated carbocycles. The van der Waals surface area contributed by atoms with E-state index in [0.29, 0.717) is 43.5 Å². The number of nitrogens with one attached hydrogen (secondary N) is 1. The van der Waals surface area contributed by atoms with Gasteiger partial charge in [0.2, 0.25) is 11.8 Å². The van der Waals surface area contributed by atoms with E-state index in [2.05, 4.69) is 15.5 Å². The van der Waals surface area contributed by atoms with Crippen LogP contribution in [0.25, 0.3) is 10.1 Å². The molecule has 2 aromatic heterocycles. The van der Waals surface area contributed by atoms with Gasteiger partial charge in [0.1, 0.15) is 24.2 Å². The second-order valence-electron chi connectivity index (χ2n) is 11.1. The third kappa shape index (κ3) is 4.91. The minimum absolute atomic E-state index is 0.0809. The summed E-state index contributed by atoms with van der Waals surface area (Å²) in [5.41, 5.74) is -5.22. The number of halogens is 2. The van der Waals surface area contributed by atoms with Crippen molar-refractivity contribution in [3.8, 4) is 0 Å². The molecule has 3 aliphatic rings. The molecule has 3 atom stereocenters. The van der Waals surface area contributed by atoms with E-state index in [0.717, 1.165) is 35.7 Å². The molecule has 3 aliphatic heterocycles. The molecule has 3 N–H and O–H groups in total. The van der Waals surface area contributed by atoms with Crippen LogP contribution in [-0.4, -0.2) is 83.3 Å². The summed E-state index contributed by atoms with van der Waals surface area (Å²) in [5, 5.41) is 11.0. The molecule has 6 rings (SSSR count). The van der Waals surface area contributed by atoms with E-state index in [1.165, 1.54) is 12.1 Å². The minimum atomic E-state index is -5.74. The summed E-state index contributed by atoms with van der Waals surface area (Å²) in [5.74, 6) is -0.0797. The van der Waals surface area contributed by atoms with Crippen molar-refractivity contribution >= 4 is 46.7 Å². The molecule has 0 radical (unpaired) electrons. The van der Waals surface area contributed by atoms with Crippen molar-refractivity contribution in [1.82, 2.24) is 29.9 Å². The number of benzene rings is 1. The van der Waals surface area contributed by atoms with Crippen molar-refractivity contribution in [1.29, 1.82) is 0 Å². The Morgan fingerprint density at radius 1 is 1.14 bits per heavy atom. The summed E-state index contributed by atoms with van der Waals surface area (Å²) in [4.78, 5) is 62.0. The van der Waals surface area contributed by atoms with Crippen LogP contribution in [0.3, 0.4) is 0 Å². The van der Waals surface area contributed by atoms with E-state index in [1.807, 2.05) is 11.6 Å². The van der Waals surface area contributed by atoms with Crippen LogP contribution in [0.5, 0.6) is 0 Å². The number of thiophene rings is 1. The zero-order valence-electron chi connectivity index (χ0n) is 22.5. The van der Waals surface area contributed by atoms with E-state index in [4.69, 9.17) is 9.79 Å². The molecule has 3 amide bonds. The van der Waals surface area contributed by atoms with E-state index in [-0.39, 0.29) is 34.0 Å². The Kier molecular flexibility index (Phi) is 7.19. The lowest BCUT2D eigenvalue weighted by Crippen LogP contribution is -2.58. The molecule has 12 nitrogen and oxygen atoms in total. The Morgan fingerprint density at radius 2 is 1.90 bits per heavy atom. The number of alkyl halides is 2. The maximum absolute atomic E-state index is 14.2. The first-order chi connectivity index (χ1) is 19.8. The largest absolute Gasteiger partial charge is 0.399 e. The van der Waals surface area contributed by atoms with Crippen LogP contribution < -0.4 is 5.32 Å². The van der Waals surface area contributed by atoms with Gasteiger partial charge in [-0.3, -0.25) is 18.9 Å². The van der Waals surface area contributed by atoms with Crippen molar-refractivity contribution in [3.63, 3.8) is 0 Å². The van der Waals surface area contributed by atoms with Gasteiger partial charge in [-0.2, -0.15) is 8.78 Å². The molecule has 5 heterocycles. The molecule has 0 bridgehead atoms. The molecule has 3 fully saturated rings. The highest BCUT2D eigenvalue weighted by Crippen LogP contribution is 2.59. The Hall–Kier alpha value is -3.26. The van der Waals surface area contributed by atoms with E-state index in [1.54, 1.807) is 16.1 Å². The van der Waals surface area contributed by atoms with Gasteiger partial charge < -0.3 is 29.5 Å². The smallest absolute Gasteiger partial charge is 0.340 e. The highest BCUT2D eigenvalue weighted by Gasteiger charge is 2.51. The molecule has 1 aromatic carbocycles. The Labute approximate surface area is 242 Å². The molecule has 0 aliphatic carbocycles. The summed E-state index contributed by atoms with van der Waals surface area (Å²) >= 11 is 1.02. The van der Waals surface area contributed by atoms with Crippen LogP contribution in [-0.2, 0) is 26.9 Å². The molecular formula is C26H29F2N6O6PS. The molecule has 3 aromatic rings. The molecular weight excluding hydrogens is 593 g/mol. The van der Waals surface area contributed by atoms with E-state index >= 15 is 0 Å². The highest BCUT2D eigenvalue weighted by atomic mass is 32.1. The normalized spacial score (nSPS) is 23.5. The Balaban J connectivity index is 1.15. The third-order valence-corrected chi connectivity index (χ3v) is 10.5. The van der Waals surface area contributed by atoms with Gasteiger partial charge >= 0.3 is 13.3 Å². The minimum Gasteiger partial charge on any atom is -0.340 e. The number of rotatable bonds is 6. The molecule has 0 unspecified atom stereocenters. The first-order valence-electron chi connectivity index (χ1n) is 13.6. The van der Waals surface area contributed by atoms with Gasteiger partial charge in [0, 0.05) is 36.4 Å². The number of carbonyl (C=O) groups is 3. The van der Waals surface area contributed by atoms with Crippen molar-refractivity contribution in [2.45, 2.75) is 61.8 Å². The standard InChI is InChI=1S/C26H29F2N6O6PS/c1-32-13-29-31-22(32)15-11-33(12-15)25(37)19-7-6-17-3-2-4-18(24(36)34(17)19)30-23(35)21-10-14-9-16(5-8-20(14)42-21)26(27,28)41(38,39)40/h5,8-10,13,15,17-19H,2-4,6-7,11-12H2,1H3,(H,30,35)(H2,38,39,40)/t17-,18-,19-/m0/s1. The molecule has 0 spiro atoms. The number of carbonyl (C=O) groups excluding carboxylic acids is 3. The lowest BCUT2D eigenvalue weighted by Gasteiger charge is -2.41. The van der Waals surface area contributed by atoms with Gasteiger partial charge in [-0.1, -0.05) is 6.07 Å². The molecule has 224 valence electrons. The average Bonchev–Trinajstić information content (AvgIpc) is 3.62. The second-order valence-corrected chi connectivity index (χ2v) is 13.9. The summed E-state index contributed by atoms with van der Waals surface area (Å²) < 4.78 is 42.0. The molecule has 42 heavy (non-hydrogen) atoms. The van der Waals surface area contributed by atoms with Crippen molar-refractivity contribution in [3.05, 3.63) is 46.9 Å². The number of fused-ring (bicyclic) bond motifs is 2. The van der Waals surface area contributed by atoms with Crippen molar-refractivity contribution < 1.29 is 37.5 Å². The first-order valence-corrected chi connectivity index (χ1v) is 16.0. The van der Waals surface area contributed by atoms with Crippen LogP contribution in [0.1, 0.15) is 59.1 Å². The van der Waals surface area contributed by atoms with Gasteiger partial charge in [-0.25, -0.2) is 0 Å². The number of hydrogen-bond donors (Lipinski definition) is 3. The van der Waals surface area contributed by atoms with Crippen LogP contribution in [0.2, 0.25) is 0 Å². The first kappa shape index (κ1) is 28.8. The fourth-order valence-electron chi connectivity index (χ4n) is 6.17. The summed E-state index contributed by atoms with van der Waals surface area (Å²) in [6, 6.07) is 2.99. The number of aryl methyl sites for hydroxylation is 1. The zero-order valence-corrected chi connectivity index (χ0v) is 24.2. The SMILES string of the molecule is Cn1cnnc1C1CN(C(=O)[C@@H]2CC[C@@H]3CCC[C@H](NC(=O)c4cc5cc(C(F)(F)P(=O)(O)O)ccc5s4)C(=O)N32)C1. The fourth-order valence-corrected chi connectivity index (χ4v) is 7.59. The molecule has 16 heteroatoms. The van der Waals surface area contributed by atoms with Crippen molar-refractivity contribution in [2.24, 2.45) is 7.05 Å². The summed E-state index contributed by atoms with van der Waals surface area (Å²) in [6.45, 7) is 1.00. The maximum atomic E-state index is 14.2. The number of nitrogens with zero attached hydrogens (tertiary/aromatic N) is 5. The van der Waals surface area contributed by atoms with Gasteiger partial charge in [0.05, 0.1) is 10.8 Å². The topological polar surface area (TPSA) is 158 Å². The maximum Gasteiger partial charge on any atom is 0.399 e. The third-order valence-electron chi connectivity index (χ3n) is 8.43. The number of hydrogen-bond acceptors (Lipinski definition) is 7. The van der Waals surface area contributed by atoms with Gasteiger partial charge in [-0.15, -0.1) is 21.5 Å². The van der Waals surface area contributed by atoms with Crippen LogP contribution in [0.15, 0.2) is 30.6 Å². The van der Waals surface area contributed by atoms with Gasteiger partial charge in [-0.05, 0) is 55.7 Å². The fraction of sp³-hybridized carbons (Fsp3) is 0.500. The second kappa shape index (κ2) is 10.5. The van der Waals surface area contributed by atoms with Crippen LogP contribution in [0, 0.1) is 0 Å². The molecule has 3 saturated heterocycles. The number of amides is 3. The number of aromatic nitrogens is 3. The van der Waals surface area contributed by atoms with Crippen LogP contribution >= 0.6 is 18.9 Å². The summed E-state index contributed by atoms with van der Waals surface area (Å²) in [6.07, 6.45) is 4.69. The van der Waals surface area contributed by atoms with E-state index in [9.17, 15) is 27.7 Å². The lowest BCUT2D eigenvalue weighted by molar-refractivity contribution is -0.148. The average molecular weight is 623 g/mol. The van der Waals surface area contributed by atoms with Gasteiger partial charge in [0.25, 0.3) is 5.91 Å². The van der Waals surface area contributed by atoms with Crippen molar-refractivity contribution in [2.75, 3.05) is 13.1 Å². The monoisotopic (exact) mass is 622 g/mol. The lowest BCUT2D eigenvalue weighted by atomic mass is 9.97. The Bertz CT molecular complexity index is 1620. The van der Waals surface area contributed by atoms with E-state index < -0.39 is 36.8 Å². The predicted molar refractivity (Wildman–Crippen MR) is 147 cm³/mol.